The van der Waals surface area contributed by atoms with Gasteiger partial charge in [0.2, 0.25) is 5.89 Å². The Balaban J connectivity index is 1.65. The summed E-state index contributed by atoms with van der Waals surface area (Å²) >= 11 is 0. The SMILES string of the molecule is CCOc1ccc(C(=O)Nc2nnc(Cc3ccc(C)cc3C)o2)cc1. The molecule has 0 saturated carbocycles. The highest BCUT2D eigenvalue weighted by Crippen LogP contribution is 2.17. The fourth-order valence-corrected chi connectivity index (χ4v) is 2.62. The van der Waals surface area contributed by atoms with Gasteiger partial charge in [-0.15, -0.1) is 5.10 Å². The maximum Gasteiger partial charge on any atom is 0.322 e. The van der Waals surface area contributed by atoms with Crippen LogP contribution in [0.5, 0.6) is 5.75 Å². The minimum absolute atomic E-state index is 0.0867. The van der Waals surface area contributed by atoms with Gasteiger partial charge in [0.1, 0.15) is 5.75 Å². The van der Waals surface area contributed by atoms with E-state index in [0.29, 0.717) is 24.5 Å². The zero-order valence-electron chi connectivity index (χ0n) is 15.1. The van der Waals surface area contributed by atoms with Crippen LogP contribution >= 0.6 is 0 Å². The molecule has 1 heterocycles. The molecule has 0 aliphatic heterocycles. The van der Waals surface area contributed by atoms with Crippen molar-refractivity contribution in [3.8, 4) is 5.75 Å². The second kappa shape index (κ2) is 7.82. The smallest absolute Gasteiger partial charge is 0.322 e. The van der Waals surface area contributed by atoms with Crippen LogP contribution in [0.3, 0.4) is 0 Å². The Labute approximate surface area is 152 Å². The summed E-state index contributed by atoms with van der Waals surface area (Å²) < 4.78 is 10.9. The standard InChI is InChI=1S/C20H21N3O3/c1-4-25-17-9-7-15(8-10-17)19(24)21-20-23-22-18(26-20)12-16-6-5-13(2)11-14(16)3/h5-11H,4,12H2,1-3H3,(H,21,23,24). The molecule has 26 heavy (non-hydrogen) atoms. The van der Waals surface area contributed by atoms with Crippen LogP contribution in [0.25, 0.3) is 0 Å². The highest BCUT2D eigenvalue weighted by molar-refractivity contribution is 6.03. The van der Waals surface area contributed by atoms with E-state index in [1.54, 1.807) is 24.3 Å². The number of rotatable bonds is 6. The van der Waals surface area contributed by atoms with Crippen molar-refractivity contribution in [3.63, 3.8) is 0 Å². The summed E-state index contributed by atoms with van der Waals surface area (Å²) in [4.78, 5) is 12.3. The number of anilines is 1. The normalized spacial score (nSPS) is 10.6. The van der Waals surface area contributed by atoms with Gasteiger partial charge < -0.3 is 9.15 Å². The number of ether oxygens (including phenoxy) is 1. The number of amides is 1. The van der Waals surface area contributed by atoms with Crippen molar-refractivity contribution in [1.29, 1.82) is 0 Å². The summed E-state index contributed by atoms with van der Waals surface area (Å²) in [7, 11) is 0. The summed E-state index contributed by atoms with van der Waals surface area (Å²) in [5.41, 5.74) is 3.98. The summed E-state index contributed by atoms with van der Waals surface area (Å²) in [6, 6.07) is 13.2. The Bertz CT molecular complexity index is 901. The average Bonchev–Trinajstić information content (AvgIpc) is 3.05. The number of nitrogens with zero attached hydrogens (tertiary/aromatic N) is 2. The lowest BCUT2D eigenvalue weighted by Gasteiger charge is -2.04. The minimum Gasteiger partial charge on any atom is -0.494 e. The maximum atomic E-state index is 12.3. The monoisotopic (exact) mass is 351 g/mol. The largest absolute Gasteiger partial charge is 0.494 e. The molecule has 3 rings (SSSR count). The Morgan fingerprint density at radius 1 is 1.12 bits per heavy atom. The predicted octanol–water partition coefficient (Wildman–Crippen LogP) is 3.93. The molecule has 0 fully saturated rings. The lowest BCUT2D eigenvalue weighted by Crippen LogP contribution is -2.12. The molecule has 1 amide bonds. The summed E-state index contributed by atoms with van der Waals surface area (Å²) in [5.74, 6) is 0.867. The van der Waals surface area contributed by atoms with E-state index >= 15 is 0 Å². The second-order valence-electron chi connectivity index (χ2n) is 6.02. The molecule has 1 aromatic heterocycles. The van der Waals surface area contributed by atoms with Gasteiger partial charge in [-0.2, -0.15) is 0 Å². The first-order chi connectivity index (χ1) is 12.5. The van der Waals surface area contributed by atoms with Crippen molar-refractivity contribution in [2.45, 2.75) is 27.2 Å². The highest BCUT2D eigenvalue weighted by atomic mass is 16.5. The van der Waals surface area contributed by atoms with Crippen LogP contribution < -0.4 is 10.1 Å². The lowest BCUT2D eigenvalue weighted by molar-refractivity contribution is 0.102. The minimum atomic E-state index is -0.310. The molecule has 0 bridgehead atoms. The van der Waals surface area contributed by atoms with Crippen LogP contribution in [-0.2, 0) is 6.42 Å². The molecule has 6 heteroatoms. The van der Waals surface area contributed by atoms with Gasteiger partial charge in [0, 0.05) is 5.56 Å². The topological polar surface area (TPSA) is 77.2 Å². The Kier molecular flexibility index (Phi) is 5.31. The number of aromatic nitrogens is 2. The van der Waals surface area contributed by atoms with Gasteiger partial charge in [0.15, 0.2) is 0 Å². The molecule has 2 aromatic carbocycles. The predicted molar refractivity (Wildman–Crippen MR) is 98.6 cm³/mol. The Morgan fingerprint density at radius 2 is 1.88 bits per heavy atom. The molecule has 0 radical (unpaired) electrons. The first-order valence-corrected chi connectivity index (χ1v) is 8.48. The van der Waals surface area contributed by atoms with Gasteiger partial charge in [0.05, 0.1) is 13.0 Å². The highest BCUT2D eigenvalue weighted by Gasteiger charge is 2.13. The van der Waals surface area contributed by atoms with Crippen molar-refractivity contribution in [3.05, 3.63) is 70.6 Å². The zero-order chi connectivity index (χ0) is 18.5. The molecular formula is C20H21N3O3. The molecule has 0 atom stereocenters. The average molecular weight is 351 g/mol. The Hall–Kier alpha value is -3.15. The fraction of sp³-hybridized carbons (Fsp3) is 0.250. The molecular weight excluding hydrogens is 330 g/mol. The molecule has 0 spiro atoms. The van der Waals surface area contributed by atoms with E-state index in [0.717, 1.165) is 11.3 Å². The molecule has 134 valence electrons. The second-order valence-corrected chi connectivity index (χ2v) is 6.02. The maximum absolute atomic E-state index is 12.3. The lowest BCUT2D eigenvalue weighted by atomic mass is 10.0. The van der Waals surface area contributed by atoms with E-state index in [4.69, 9.17) is 9.15 Å². The van der Waals surface area contributed by atoms with Crippen molar-refractivity contribution in [2.75, 3.05) is 11.9 Å². The molecule has 0 saturated heterocycles. The van der Waals surface area contributed by atoms with E-state index in [2.05, 4.69) is 28.5 Å². The van der Waals surface area contributed by atoms with Crippen LogP contribution in [-0.4, -0.2) is 22.7 Å². The number of carbonyl (C=O) groups is 1. The number of nitrogens with one attached hydrogen (secondary N) is 1. The molecule has 0 aliphatic carbocycles. The third-order valence-corrected chi connectivity index (χ3v) is 3.95. The van der Waals surface area contributed by atoms with E-state index in [1.165, 1.54) is 11.1 Å². The molecule has 0 aliphatic rings. The van der Waals surface area contributed by atoms with Crippen LogP contribution in [0, 0.1) is 13.8 Å². The van der Waals surface area contributed by atoms with Crippen molar-refractivity contribution >= 4 is 11.9 Å². The van der Waals surface area contributed by atoms with Gasteiger partial charge in [-0.3, -0.25) is 10.1 Å². The quantitative estimate of drug-likeness (QED) is 0.728. The van der Waals surface area contributed by atoms with Crippen LogP contribution in [0.2, 0.25) is 0 Å². The third-order valence-electron chi connectivity index (χ3n) is 3.95. The first-order valence-electron chi connectivity index (χ1n) is 8.48. The number of benzene rings is 2. The van der Waals surface area contributed by atoms with E-state index in [9.17, 15) is 4.79 Å². The van der Waals surface area contributed by atoms with Crippen molar-refractivity contribution < 1.29 is 13.9 Å². The van der Waals surface area contributed by atoms with Gasteiger partial charge in [-0.05, 0) is 56.2 Å². The van der Waals surface area contributed by atoms with Gasteiger partial charge in [0.25, 0.3) is 5.91 Å². The number of hydrogen-bond donors (Lipinski definition) is 1. The third kappa shape index (κ3) is 4.27. The van der Waals surface area contributed by atoms with E-state index in [1.807, 2.05) is 26.0 Å². The summed E-state index contributed by atoms with van der Waals surface area (Å²) in [5, 5.41) is 10.5. The summed E-state index contributed by atoms with van der Waals surface area (Å²) in [6.45, 7) is 6.59. The van der Waals surface area contributed by atoms with Gasteiger partial charge in [-0.1, -0.05) is 28.9 Å². The van der Waals surface area contributed by atoms with Crippen molar-refractivity contribution in [2.24, 2.45) is 0 Å². The molecule has 0 unspecified atom stereocenters. The number of hydrogen-bond acceptors (Lipinski definition) is 5. The number of aryl methyl sites for hydroxylation is 2. The van der Waals surface area contributed by atoms with Gasteiger partial charge >= 0.3 is 6.01 Å². The van der Waals surface area contributed by atoms with E-state index < -0.39 is 0 Å². The van der Waals surface area contributed by atoms with Crippen LogP contribution in [0.4, 0.5) is 6.01 Å². The number of carbonyl (C=O) groups excluding carboxylic acids is 1. The van der Waals surface area contributed by atoms with Crippen LogP contribution in [0.1, 0.15) is 39.9 Å². The first kappa shape index (κ1) is 17.7. The molecule has 3 aromatic rings. The fourth-order valence-electron chi connectivity index (χ4n) is 2.62. The molecule has 1 N–H and O–H groups in total. The van der Waals surface area contributed by atoms with Crippen molar-refractivity contribution in [1.82, 2.24) is 10.2 Å². The molecule has 6 nitrogen and oxygen atoms in total. The van der Waals surface area contributed by atoms with E-state index in [-0.39, 0.29) is 11.9 Å². The Morgan fingerprint density at radius 3 is 2.58 bits per heavy atom. The zero-order valence-corrected chi connectivity index (χ0v) is 15.1. The van der Waals surface area contributed by atoms with Gasteiger partial charge in [-0.25, -0.2) is 0 Å². The summed E-state index contributed by atoms with van der Waals surface area (Å²) in [6.07, 6.45) is 0.526. The van der Waals surface area contributed by atoms with Crippen LogP contribution in [0.15, 0.2) is 46.9 Å².